The monoisotopic (exact) mass is 445 g/mol. The van der Waals surface area contributed by atoms with Gasteiger partial charge in [0, 0.05) is 19.5 Å². The first-order valence-corrected chi connectivity index (χ1v) is 11.1. The van der Waals surface area contributed by atoms with Crippen LogP contribution in [0, 0.1) is 0 Å². The third-order valence-electron chi connectivity index (χ3n) is 5.48. The zero-order valence-electron chi connectivity index (χ0n) is 17.0. The molecule has 0 spiro atoms. The van der Waals surface area contributed by atoms with Gasteiger partial charge in [0.1, 0.15) is 5.76 Å². The smallest absolute Gasteiger partial charge is 0.256 e. The van der Waals surface area contributed by atoms with Gasteiger partial charge in [-0.3, -0.25) is 9.69 Å². The van der Waals surface area contributed by atoms with Gasteiger partial charge in [0.05, 0.1) is 35.1 Å². The molecule has 5 heterocycles. The Morgan fingerprint density at radius 1 is 1.06 bits per heavy atom. The molecule has 1 aliphatic heterocycles. The van der Waals surface area contributed by atoms with Crippen LogP contribution in [0.25, 0.3) is 22.6 Å². The van der Waals surface area contributed by atoms with Crippen LogP contribution in [0.15, 0.2) is 78.7 Å². The Hall–Kier alpha value is -3.56. The van der Waals surface area contributed by atoms with E-state index < -0.39 is 0 Å². The maximum absolute atomic E-state index is 12.7. The van der Waals surface area contributed by atoms with Crippen molar-refractivity contribution in [3.63, 3.8) is 0 Å². The highest BCUT2D eigenvalue weighted by Crippen LogP contribution is 2.29. The quantitative estimate of drug-likeness (QED) is 0.418. The molecule has 9 heteroatoms. The van der Waals surface area contributed by atoms with Crippen LogP contribution in [0.3, 0.4) is 0 Å². The highest BCUT2D eigenvalue weighted by molar-refractivity contribution is 7.99. The van der Waals surface area contributed by atoms with Crippen molar-refractivity contribution in [2.24, 2.45) is 0 Å². The maximum atomic E-state index is 12.7. The second kappa shape index (κ2) is 7.85. The lowest BCUT2D eigenvalue weighted by Gasteiger charge is -2.26. The van der Waals surface area contributed by atoms with Crippen LogP contribution in [0.1, 0.15) is 17.0 Å². The Kier molecular flexibility index (Phi) is 4.70. The van der Waals surface area contributed by atoms with E-state index in [-0.39, 0.29) is 5.56 Å². The minimum Gasteiger partial charge on any atom is -0.461 e. The van der Waals surface area contributed by atoms with Crippen molar-refractivity contribution in [2.75, 3.05) is 6.54 Å². The zero-order chi connectivity index (χ0) is 21.5. The molecule has 6 rings (SSSR count). The lowest BCUT2D eigenvalue weighted by Crippen LogP contribution is -2.35. The van der Waals surface area contributed by atoms with E-state index in [1.807, 2.05) is 36.4 Å². The maximum Gasteiger partial charge on any atom is 0.256 e. The standard InChI is InChI=1S/C23H19N5O3S/c29-22-15-13-28(10-9-16(15)24-21(27-22)19-6-3-11-30-19)12-14-7-8-20(31-14)32-23-25-17-4-1-2-5-18(17)26-23/h1-8,11H,9-10,12-13H2,(H,25,26)(H,24,27,29). The molecular formula is C23H19N5O3S. The molecule has 0 unspecified atom stereocenters. The van der Waals surface area contributed by atoms with Crippen molar-refractivity contribution in [2.45, 2.75) is 29.8 Å². The Labute approximate surface area is 186 Å². The lowest BCUT2D eigenvalue weighted by atomic mass is 10.1. The van der Waals surface area contributed by atoms with Crippen molar-refractivity contribution in [3.05, 3.63) is 82.2 Å². The molecule has 0 saturated carbocycles. The van der Waals surface area contributed by atoms with Crippen LogP contribution < -0.4 is 5.56 Å². The lowest BCUT2D eigenvalue weighted by molar-refractivity contribution is 0.217. The fraction of sp³-hybridized carbons (Fsp3) is 0.174. The fourth-order valence-corrected chi connectivity index (χ4v) is 4.72. The van der Waals surface area contributed by atoms with Crippen molar-refractivity contribution >= 4 is 22.8 Å². The van der Waals surface area contributed by atoms with Gasteiger partial charge in [-0.15, -0.1) is 0 Å². The number of aromatic nitrogens is 4. The molecule has 32 heavy (non-hydrogen) atoms. The number of H-pyrrole nitrogens is 2. The summed E-state index contributed by atoms with van der Waals surface area (Å²) < 4.78 is 11.4. The summed E-state index contributed by atoms with van der Waals surface area (Å²) in [6, 6.07) is 15.4. The minimum atomic E-state index is -0.119. The average Bonchev–Trinajstić information content (AvgIpc) is 3.55. The first-order valence-electron chi connectivity index (χ1n) is 10.3. The molecule has 5 aromatic rings. The van der Waals surface area contributed by atoms with Gasteiger partial charge in [0.15, 0.2) is 21.8 Å². The summed E-state index contributed by atoms with van der Waals surface area (Å²) in [4.78, 5) is 30.2. The molecule has 1 aromatic carbocycles. The summed E-state index contributed by atoms with van der Waals surface area (Å²) in [5, 5.41) is 1.57. The molecule has 2 N–H and O–H groups in total. The summed E-state index contributed by atoms with van der Waals surface area (Å²) in [7, 11) is 0. The number of furan rings is 2. The molecular weight excluding hydrogens is 426 g/mol. The molecule has 160 valence electrons. The highest BCUT2D eigenvalue weighted by atomic mass is 32.2. The van der Waals surface area contributed by atoms with Gasteiger partial charge in [-0.2, -0.15) is 0 Å². The summed E-state index contributed by atoms with van der Waals surface area (Å²) in [5.41, 5.74) is 3.35. The van der Waals surface area contributed by atoms with Crippen molar-refractivity contribution < 1.29 is 8.83 Å². The molecule has 4 aromatic heterocycles. The Morgan fingerprint density at radius 2 is 2.00 bits per heavy atom. The number of imidazole rings is 1. The summed E-state index contributed by atoms with van der Waals surface area (Å²) in [6.45, 7) is 1.95. The van der Waals surface area contributed by atoms with E-state index in [0.717, 1.165) is 39.3 Å². The molecule has 0 saturated heterocycles. The number of para-hydroxylation sites is 2. The van der Waals surface area contributed by atoms with Gasteiger partial charge >= 0.3 is 0 Å². The third-order valence-corrected chi connectivity index (χ3v) is 6.29. The van der Waals surface area contributed by atoms with Crippen LogP contribution in [0.4, 0.5) is 0 Å². The van der Waals surface area contributed by atoms with Crippen molar-refractivity contribution in [1.29, 1.82) is 0 Å². The van der Waals surface area contributed by atoms with Crippen LogP contribution in [0.2, 0.25) is 0 Å². The van der Waals surface area contributed by atoms with Crippen molar-refractivity contribution in [3.8, 4) is 11.6 Å². The molecule has 8 nitrogen and oxygen atoms in total. The SMILES string of the molecule is O=c1[nH]c(-c2ccco2)nc2c1CN(Cc1ccc(Sc3nc4ccccc4[nH]3)o1)CC2. The Balaban J connectivity index is 1.15. The van der Waals surface area contributed by atoms with Crippen molar-refractivity contribution in [1.82, 2.24) is 24.8 Å². The molecule has 1 aliphatic rings. The average molecular weight is 446 g/mol. The Morgan fingerprint density at radius 3 is 2.88 bits per heavy atom. The van der Waals surface area contributed by atoms with Crippen LogP contribution in [0.5, 0.6) is 0 Å². The number of benzene rings is 1. The number of hydrogen-bond acceptors (Lipinski definition) is 7. The summed E-state index contributed by atoms with van der Waals surface area (Å²) >= 11 is 1.46. The molecule has 0 atom stereocenters. The number of aromatic amines is 2. The van der Waals surface area contributed by atoms with Gasteiger partial charge in [-0.25, -0.2) is 9.97 Å². The second-order valence-corrected chi connectivity index (χ2v) is 8.65. The first-order chi connectivity index (χ1) is 15.7. The zero-order valence-corrected chi connectivity index (χ0v) is 17.8. The molecule has 0 aliphatic carbocycles. The fourth-order valence-electron chi connectivity index (χ4n) is 3.94. The molecule has 0 fully saturated rings. The van der Waals surface area contributed by atoms with E-state index in [0.29, 0.717) is 36.7 Å². The largest absolute Gasteiger partial charge is 0.461 e. The van der Waals surface area contributed by atoms with E-state index in [4.69, 9.17) is 8.83 Å². The Bertz CT molecular complexity index is 1420. The van der Waals surface area contributed by atoms with E-state index >= 15 is 0 Å². The summed E-state index contributed by atoms with van der Waals surface area (Å²) in [5.74, 6) is 1.89. The number of nitrogens with one attached hydrogen (secondary N) is 2. The van der Waals surface area contributed by atoms with Crippen LogP contribution >= 0.6 is 11.8 Å². The van der Waals surface area contributed by atoms with E-state index in [2.05, 4.69) is 24.8 Å². The highest BCUT2D eigenvalue weighted by Gasteiger charge is 2.23. The van der Waals surface area contributed by atoms with Gasteiger partial charge in [0.2, 0.25) is 0 Å². The number of rotatable bonds is 5. The number of hydrogen-bond donors (Lipinski definition) is 2. The predicted molar refractivity (Wildman–Crippen MR) is 119 cm³/mol. The van der Waals surface area contributed by atoms with Crippen LogP contribution in [-0.4, -0.2) is 31.4 Å². The van der Waals surface area contributed by atoms with E-state index in [1.165, 1.54) is 11.8 Å². The number of nitrogens with zero attached hydrogens (tertiary/aromatic N) is 3. The minimum absolute atomic E-state index is 0.119. The normalized spacial score (nSPS) is 14.1. The molecule has 0 bridgehead atoms. The first kappa shape index (κ1) is 19.1. The van der Waals surface area contributed by atoms with Crippen LogP contribution in [-0.2, 0) is 19.5 Å². The molecule has 0 amide bonds. The molecule has 0 radical (unpaired) electrons. The topological polar surface area (TPSA) is 104 Å². The second-order valence-electron chi connectivity index (χ2n) is 7.66. The van der Waals surface area contributed by atoms with Gasteiger partial charge in [-0.1, -0.05) is 12.1 Å². The third kappa shape index (κ3) is 3.65. The van der Waals surface area contributed by atoms with E-state index in [9.17, 15) is 4.79 Å². The van der Waals surface area contributed by atoms with Gasteiger partial charge < -0.3 is 18.8 Å². The summed E-state index contributed by atoms with van der Waals surface area (Å²) in [6.07, 6.45) is 2.27. The number of fused-ring (bicyclic) bond motifs is 2. The predicted octanol–water partition coefficient (Wildman–Crippen LogP) is 4.21. The van der Waals surface area contributed by atoms with Gasteiger partial charge in [0.25, 0.3) is 5.56 Å². The van der Waals surface area contributed by atoms with E-state index in [1.54, 1.807) is 18.4 Å². The van der Waals surface area contributed by atoms with Gasteiger partial charge in [-0.05, 0) is 48.2 Å².